The normalized spacial score (nSPS) is 19.0. The van der Waals surface area contributed by atoms with Gasteiger partial charge in [0.05, 0.1) is 0 Å². The van der Waals surface area contributed by atoms with Gasteiger partial charge in [0.25, 0.3) is 0 Å². The molecule has 0 aromatic heterocycles. The minimum atomic E-state index is 0.709. The van der Waals surface area contributed by atoms with E-state index in [1.165, 1.54) is 103 Å². The zero-order chi connectivity index (χ0) is 26.9. The number of benzene rings is 2. The fourth-order valence-corrected chi connectivity index (χ4v) is 8.06. The second-order valence-corrected chi connectivity index (χ2v) is 13.0. The predicted molar refractivity (Wildman–Crippen MR) is 168 cm³/mol. The second kappa shape index (κ2) is 14.7. The topological polar surface area (TPSA) is 0 Å². The van der Waals surface area contributed by atoms with E-state index in [0.29, 0.717) is 11.8 Å². The van der Waals surface area contributed by atoms with Crippen molar-refractivity contribution in [1.29, 1.82) is 0 Å². The molecule has 0 amide bonds. The van der Waals surface area contributed by atoms with Crippen LogP contribution in [0.25, 0.3) is 0 Å². The molecule has 2 atom stereocenters. The van der Waals surface area contributed by atoms with Crippen LogP contribution in [0, 0.1) is 6.92 Å². The second-order valence-electron chi connectivity index (χ2n) is 13.0. The zero-order valence-electron chi connectivity index (χ0n) is 25.7. The van der Waals surface area contributed by atoms with Crippen LogP contribution >= 0.6 is 0 Å². The highest BCUT2D eigenvalue weighted by Crippen LogP contribution is 2.40. The van der Waals surface area contributed by atoms with Gasteiger partial charge in [0.1, 0.15) is 0 Å². The lowest BCUT2D eigenvalue weighted by Gasteiger charge is -2.28. The molecular formula is C38H58. The summed E-state index contributed by atoms with van der Waals surface area (Å²) < 4.78 is 0. The Bertz CT molecular complexity index is 936. The van der Waals surface area contributed by atoms with Gasteiger partial charge in [0.15, 0.2) is 0 Å². The average Bonchev–Trinajstić information content (AvgIpc) is 2.96. The van der Waals surface area contributed by atoms with Gasteiger partial charge in [-0.15, -0.1) is 0 Å². The maximum Gasteiger partial charge on any atom is -0.00254 e. The predicted octanol–water partition coefficient (Wildman–Crippen LogP) is 12.3. The molecule has 2 saturated carbocycles. The summed E-state index contributed by atoms with van der Waals surface area (Å²) in [6, 6.07) is 13.2. The van der Waals surface area contributed by atoms with Gasteiger partial charge in [0.2, 0.25) is 0 Å². The van der Waals surface area contributed by atoms with E-state index in [0.717, 1.165) is 18.3 Å². The molecule has 0 spiro atoms. The van der Waals surface area contributed by atoms with Crippen LogP contribution in [0.1, 0.15) is 193 Å². The molecule has 210 valence electrons. The molecule has 2 aliphatic rings. The summed E-state index contributed by atoms with van der Waals surface area (Å²) in [5, 5.41) is 0. The molecule has 0 N–H and O–H groups in total. The zero-order valence-corrected chi connectivity index (χ0v) is 25.7. The Labute approximate surface area is 236 Å². The first-order valence-corrected chi connectivity index (χ1v) is 16.8. The van der Waals surface area contributed by atoms with Crippen molar-refractivity contribution in [3.05, 3.63) is 69.3 Å². The molecule has 4 rings (SSSR count). The summed E-state index contributed by atoms with van der Waals surface area (Å²) in [4.78, 5) is 0. The minimum Gasteiger partial charge on any atom is -0.0654 e. The average molecular weight is 515 g/mol. The van der Waals surface area contributed by atoms with Crippen molar-refractivity contribution in [2.24, 2.45) is 0 Å². The molecule has 38 heavy (non-hydrogen) atoms. The van der Waals surface area contributed by atoms with Crippen molar-refractivity contribution in [2.45, 2.75) is 167 Å². The monoisotopic (exact) mass is 514 g/mol. The third-order valence-corrected chi connectivity index (χ3v) is 10.3. The van der Waals surface area contributed by atoms with Crippen LogP contribution in [-0.4, -0.2) is 0 Å². The van der Waals surface area contributed by atoms with E-state index in [2.05, 4.69) is 65.0 Å². The quantitative estimate of drug-likeness (QED) is 0.264. The minimum absolute atomic E-state index is 0.709. The highest BCUT2D eigenvalue weighted by atomic mass is 14.3. The van der Waals surface area contributed by atoms with Gasteiger partial charge in [-0.2, -0.15) is 0 Å². The van der Waals surface area contributed by atoms with E-state index in [1.54, 1.807) is 38.9 Å². The van der Waals surface area contributed by atoms with E-state index < -0.39 is 0 Å². The largest absolute Gasteiger partial charge is 0.0654 e. The van der Waals surface area contributed by atoms with Gasteiger partial charge in [-0.3, -0.25) is 0 Å². The van der Waals surface area contributed by atoms with Crippen molar-refractivity contribution in [2.75, 3.05) is 0 Å². The van der Waals surface area contributed by atoms with Crippen LogP contribution in [0.15, 0.2) is 30.3 Å². The highest BCUT2D eigenvalue weighted by molar-refractivity contribution is 5.45. The molecule has 2 fully saturated rings. The van der Waals surface area contributed by atoms with Crippen molar-refractivity contribution in [3.63, 3.8) is 0 Å². The standard InChI is InChI=1S/C38H58/c1-6-16-31(8-3)35-23-29(24-36(27-35)33-18-12-10-13-19-33)22-30-25-37(32(9-4)17-7-2)28(5)38(26-30)34-20-14-11-15-21-34/h23-27,31-34H,6-22H2,1-5H3. The Hall–Kier alpha value is -1.56. The van der Waals surface area contributed by atoms with Crippen molar-refractivity contribution in [3.8, 4) is 0 Å². The molecule has 0 heterocycles. The number of rotatable bonds is 12. The Morgan fingerprint density at radius 1 is 0.632 bits per heavy atom. The van der Waals surface area contributed by atoms with Crippen LogP contribution in [0.2, 0.25) is 0 Å². The summed E-state index contributed by atoms with van der Waals surface area (Å²) in [6.07, 6.45) is 22.9. The molecule has 0 nitrogen and oxygen atoms in total. The first-order chi connectivity index (χ1) is 18.6. The lowest BCUT2D eigenvalue weighted by Crippen LogP contribution is -2.11. The first kappa shape index (κ1) is 29.4. The third-order valence-electron chi connectivity index (χ3n) is 10.3. The molecule has 0 radical (unpaired) electrons. The van der Waals surface area contributed by atoms with Gasteiger partial charge >= 0.3 is 0 Å². The molecule has 2 unspecified atom stereocenters. The molecule has 0 heteroatoms. The van der Waals surface area contributed by atoms with Gasteiger partial charge in [-0.25, -0.2) is 0 Å². The van der Waals surface area contributed by atoms with E-state index in [-0.39, 0.29) is 0 Å². The molecule has 2 aromatic rings. The van der Waals surface area contributed by atoms with Crippen LogP contribution in [0.4, 0.5) is 0 Å². The molecule has 0 bridgehead atoms. The lowest BCUT2D eigenvalue weighted by molar-refractivity contribution is 0.441. The Morgan fingerprint density at radius 3 is 1.82 bits per heavy atom. The summed E-state index contributed by atoms with van der Waals surface area (Å²) >= 11 is 0. The summed E-state index contributed by atoms with van der Waals surface area (Å²) in [5.41, 5.74) is 11.4. The fraction of sp³-hybridized carbons (Fsp3) is 0.684. The Morgan fingerprint density at radius 2 is 1.21 bits per heavy atom. The molecule has 0 saturated heterocycles. The van der Waals surface area contributed by atoms with Crippen molar-refractivity contribution < 1.29 is 0 Å². The van der Waals surface area contributed by atoms with Gasteiger partial charge < -0.3 is 0 Å². The highest BCUT2D eigenvalue weighted by Gasteiger charge is 2.23. The summed E-state index contributed by atoms with van der Waals surface area (Å²) in [6.45, 7) is 12.0. The molecular weight excluding hydrogens is 456 g/mol. The summed E-state index contributed by atoms with van der Waals surface area (Å²) in [5.74, 6) is 2.98. The Kier molecular flexibility index (Phi) is 11.4. The molecule has 0 aliphatic heterocycles. The lowest BCUT2D eigenvalue weighted by atomic mass is 9.77. The molecule has 2 aliphatic carbocycles. The van der Waals surface area contributed by atoms with E-state index in [9.17, 15) is 0 Å². The van der Waals surface area contributed by atoms with E-state index in [1.807, 2.05) is 0 Å². The van der Waals surface area contributed by atoms with Crippen LogP contribution in [-0.2, 0) is 6.42 Å². The van der Waals surface area contributed by atoms with Crippen LogP contribution in [0.3, 0.4) is 0 Å². The first-order valence-electron chi connectivity index (χ1n) is 16.8. The summed E-state index contributed by atoms with van der Waals surface area (Å²) in [7, 11) is 0. The Balaban J connectivity index is 1.74. The van der Waals surface area contributed by atoms with E-state index in [4.69, 9.17) is 0 Å². The smallest absolute Gasteiger partial charge is 0.00254 e. The SMILES string of the molecule is CCCC(CC)c1cc(Cc2cc(C(CC)CCC)c(C)c(C3CCCCC3)c2)cc(C2CCCCC2)c1. The maximum atomic E-state index is 2.66. The molecule has 2 aromatic carbocycles. The van der Waals surface area contributed by atoms with Gasteiger partial charge in [0, 0.05) is 0 Å². The third kappa shape index (κ3) is 7.34. The van der Waals surface area contributed by atoms with E-state index >= 15 is 0 Å². The maximum absolute atomic E-state index is 2.66. The van der Waals surface area contributed by atoms with Crippen molar-refractivity contribution in [1.82, 2.24) is 0 Å². The van der Waals surface area contributed by atoms with Crippen molar-refractivity contribution >= 4 is 0 Å². The number of hydrogen-bond donors (Lipinski definition) is 0. The van der Waals surface area contributed by atoms with Gasteiger partial charge in [-0.05, 0) is 127 Å². The van der Waals surface area contributed by atoms with Crippen LogP contribution < -0.4 is 0 Å². The number of hydrogen-bond acceptors (Lipinski definition) is 0. The fourth-order valence-electron chi connectivity index (χ4n) is 8.06. The van der Waals surface area contributed by atoms with Crippen LogP contribution in [0.5, 0.6) is 0 Å². The van der Waals surface area contributed by atoms with Gasteiger partial charge in [-0.1, -0.05) is 109 Å².